The highest BCUT2D eigenvalue weighted by Crippen LogP contribution is 2.13. The molecule has 0 radical (unpaired) electrons. The molecule has 0 saturated carbocycles. The van der Waals surface area contributed by atoms with Crippen molar-refractivity contribution in [3.05, 3.63) is 60.4 Å². The zero-order valence-corrected chi connectivity index (χ0v) is 16.8. The molecule has 1 aliphatic heterocycles. The monoisotopic (exact) mass is 416 g/mol. The average molecular weight is 417 g/mol. The number of aromatic nitrogens is 1. The van der Waals surface area contributed by atoms with Crippen molar-refractivity contribution >= 4 is 21.8 Å². The van der Waals surface area contributed by atoms with Gasteiger partial charge in [0.1, 0.15) is 0 Å². The van der Waals surface area contributed by atoms with E-state index in [0.29, 0.717) is 31.5 Å². The van der Waals surface area contributed by atoms with E-state index in [4.69, 9.17) is 0 Å². The Labute approximate surface area is 170 Å². The maximum Gasteiger partial charge on any atom is 0.253 e. The van der Waals surface area contributed by atoms with Crippen molar-refractivity contribution in [3.63, 3.8) is 0 Å². The molecule has 2 amide bonds. The molecular weight excluding hydrogens is 392 g/mol. The summed E-state index contributed by atoms with van der Waals surface area (Å²) in [6.45, 7) is 1.11. The maximum absolute atomic E-state index is 12.4. The number of likely N-dealkylation sites (tertiary alicyclic amines) is 1. The van der Waals surface area contributed by atoms with Crippen molar-refractivity contribution in [1.29, 1.82) is 0 Å². The van der Waals surface area contributed by atoms with E-state index in [-0.39, 0.29) is 35.7 Å². The summed E-state index contributed by atoms with van der Waals surface area (Å²) in [6, 6.07) is 11.5. The van der Waals surface area contributed by atoms with Crippen molar-refractivity contribution in [2.24, 2.45) is 0 Å². The van der Waals surface area contributed by atoms with Crippen LogP contribution >= 0.6 is 0 Å². The van der Waals surface area contributed by atoms with Crippen LogP contribution in [0, 0.1) is 0 Å². The predicted molar refractivity (Wildman–Crippen MR) is 108 cm³/mol. The average Bonchev–Trinajstić information content (AvgIpc) is 2.75. The molecule has 0 spiro atoms. The predicted octanol–water partition coefficient (Wildman–Crippen LogP) is 1.17. The van der Waals surface area contributed by atoms with Crippen LogP contribution in [0.3, 0.4) is 0 Å². The highest BCUT2D eigenvalue weighted by atomic mass is 32.2. The first kappa shape index (κ1) is 20.9. The number of nitrogens with one attached hydrogen (secondary N) is 2. The first-order chi connectivity index (χ1) is 14.0. The molecule has 1 fully saturated rings. The van der Waals surface area contributed by atoms with Crippen LogP contribution in [0.25, 0.3) is 0 Å². The molecule has 9 heteroatoms. The van der Waals surface area contributed by atoms with Crippen molar-refractivity contribution in [2.75, 3.05) is 19.6 Å². The van der Waals surface area contributed by atoms with Gasteiger partial charge in [0.05, 0.1) is 10.5 Å². The van der Waals surface area contributed by atoms with Crippen molar-refractivity contribution in [3.8, 4) is 0 Å². The Morgan fingerprint density at radius 3 is 2.45 bits per heavy atom. The van der Waals surface area contributed by atoms with Gasteiger partial charge in [-0.15, -0.1) is 0 Å². The Bertz CT molecular complexity index is 927. The van der Waals surface area contributed by atoms with Crippen LogP contribution in [-0.4, -0.2) is 55.8 Å². The quantitative estimate of drug-likeness (QED) is 0.704. The summed E-state index contributed by atoms with van der Waals surface area (Å²) in [5.74, 6) is -0.268. The Balaban J connectivity index is 1.40. The molecule has 8 nitrogen and oxygen atoms in total. The molecule has 0 bridgehead atoms. The van der Waals surface area contributed by atoms with Gasteiger partial charge in [-0.2, -0.15) is 0 Å². The largest absolute Gasteiger partial charge is 0.349 e. The zero-order valence-electron chi connectivity index (χ0n) is 16.0. The molecule has 0 atom stereocenters. The number of carbonyl (C=O) groups is 2. The van der Waals surface area contributed by atoms with Gasteiger partial charge in [0.2, 0.25) is 15.9 Å². The molecule has 29 heavy (non-hydrogen) atoms. The van der Waals surface area contributed by atoms with E-state index in [9.17, 15) is 18.0 Å². The number of hydrogen-bond donors (Lipinski definition) is 2. The fourth-order valence-corrected chi connectivity index (χ4v) is 4.23. The second-order valence-electron chi connectivity index (χ2n) is 6.83. The Morgan fingerprint density at radius 1 is 1.07 bits per heavy atom. The van der Waals surface area contributed by atoms with Gasteiger partial charge in [0, 0.05) is 44.5 Å². The molecule has 1 aliphatic rings. The zero-order chi connectivity index (χ0) is 20.7. The fourth-order valence-electron chi connectivity index (χ4n) is 3.17. The minimum atomic E-state index is -3.61. The van der Waals surface area contributed by atoms with E-state index in [1.54, 1.807) is 41.4 Å². The van der Waals surface area contributed by atoms with Crippen LogP contribution in [0.15, 0.2) is 59.8 Å². The molecular formula is C20H24N4O4S. The van der Waals surface area contributed by atoms with E-state index in [1.165, 1.54) is 18.3 Å². The number of benzene rings is 1. The third-order valence-electron chi connectivity index (χ3n) is 4.79. The number of carbonyl (C=O) groups excluding carboxylic acids is 2. The smallest absolute Gasteiger partial charge is 0.253 e. The van der Waals surface area contributed by atoms with Gasteiger partial charge >= 0.3 is 0 Å². The first-order valence-electron chi connectivity index (χ1n) is 9.49. The SMILES string of the molecule is O=C(NC1CCN(C(=O)CCNS(=O)(=O)c2ccccc2)CC1)c1cccnc1. The first-order valence-corrected chi connectivity index (χ1v) is 11.0. The van der Waals surface area contributed by atoms with Crippen molar-refractivity contribution < 1.29 is 18.0 Å². The summed E-state index contributed by atoms with van der Waals surface area (Å²) < 4.78 is 26.8. The van der Waals surface area contributed by atoms with Gasteiger partial charge in [-0.25, -0.2) is 13.1 Å². The highest BCUT2D eigenvalue weighted by molar-refractivity contribution is 7.89. The molecule has 1 aromatic carbocycles. The van der Waals surface area contributed by atoms with Crippen LogP contribution in [0.1, 0.15) is 29.6 Å². The number of nitrogens with zero attached hydrogens (tertiary/aromatic N) is 2. The molecule has 2 heterocycles. The Kier molecular flexibility index (Phi) is 6.95. The number of sulfonamides is 1. The Hall–Kier alpha value is -2.78. The third kappa shape index (κ3) is 5.85. The lowest BCUT2D eigenvalue weighted by atomic mass is 10.0. The molecule has 2 aromatic rings. The second-order valence-corrected chi connectivity index (χ2v) is 8.60. The van der Waals surface area contributed by atoms with Gasteiger partial charge in [-0.1, -0.05) is 18.2 Å². The van der Waals surface area contributed by atoms with Gasteiger partial charge < -0.3 is 10.2 Å². The van der Waals surface area contributed by atoms with Crippen LogP contribution in [-0.2, 0) is 14.8 Å². The van der Waals surface area contributed by atoms with E-state index >= 15 is 0 Å². The van der Waals surface area contributed by atoms with E-state index in [1.807, 2.05) is 0 Å². The summed E-state index contributed by atoms with van der Waals surface area (Å²) in [5.41, 5.74) is 0.511. The summed E-state index contributed by atoms with van der Waals surface area (Å²) in [7, 11) is -3.61. The van der Waals surface area contributed by atoms with Gasteiger partial charge in [-0.05, 0) is 37.1 Å². The fraction of sp³-hybridized carbons (Fsp3) is 0.350. The molecule has 3 rings (SSSR count). The van der Waals surface area contributed by atoms with Crippen LogP contribution in [0.2, 0.25) is 0 Å². The van der Waals surface area contributed by atoms with Crippen LogP contribution in [0.4, 0.5) is 0 Å². The lowest BCUT2D eigenvalue weighted by Gasteiger charge is -2.32. The summed E-state index contributed by atoms with van der Waals surface area (Å²) in [6.07, 6.45) is 4.55. The number of piperidine rings is 1. The van der Waals surface area contributed by atoms with Gasteiger partial charge in [0.25, 0.3) is 5.91 Å². The number of amides is 2. The lowest BCUT2D eigenvalue weighted by molar-refractivity contribution is -0.132. The summed E-state index contributed by atoms with van der Waals surface area (Å²) in [4.78, 5) is 30.4. The number of pyridine rings is 1. The number of hydrogen-bond acceptors (Lipinski definition) is 5. The molecule has 0 aliphatic carbocycles. The lowest BCUT2D eigenvalue weighted by Crippen LogP contribution is -2.47. The normalized spacial score (nSPS) is 15.1. The molecule has 2 N–H and O–H groups in total. The Morgan fingerprint density at radius 2 is 1.79 bits per heavy atom. The van der Waals surface area contributed by atoms with E-state index < -0.39 is 10.0 Å². The third-order valence-corrected chi connectivity index (χ3v) is 6.27. The van der Waals surface area contributed by atoms with E-state index in [0.717, 1.165) is 0 Å². The molecule has 154 valence electrons. The van der Waals surface area contributed by atoms with Crippen molar-refractivity contribution in [2.45, 2.75) is 30.2 Å². The second kappa shape index (κ2) is 9.62. The standard InChI is InChI=1S/C20H24N4O4S/c25-19(8-12-22-29(27,28)18-6-2-1-3-7-18)24-13-9-17(10-14-24)23-20(26)16-5-4-11-21-15-16/h1-7,11,15,17,22H,8-10,12-14H2,(H,23,26). The number of rotatable bonds is 7. The van der Waals surface area contributed by atoms with E-state index in [2.05, 4.69) is 15.0 Å². The molecule has 1 saturated heterocycles. The highest BCUT2D eigenvalue weighted by Gasteiger charge is 2.24. The van der Waals surface area contributed by atoms with Crippen molar-refractivity contribution in [1.82, 2.24) is 19.9 Å². The van der Waals surface area contributed by atoms with Gasteiger partial charge in [-0.3, -0.25) is 14.6 Å². The molecule has 0 unspecified atom stereocenters. The van der Waals surface area contributed by atoms with Crippen LogP contribution in [0.5, 0.6) is 0 Å². The summed E-state index contributed by atoms with van der Waals surface area (Å²) >= 11 is 0. The topological polar surface area (TPSA) is 108 Å². The maximum atomic E-state index is 12.4. The van der Waals surface area contributed by atoms with Crippen LogP contribution < -0.4 is 10.0 Å². The van der Waals surface area contributed by atoms with Gasteiger partial charge in [0.15, 0.2) is 0 Å². The minimum absolute atomic E-state index is 0.00309. The minimum Gasteiger partial charge on any atom is -0.349 e. The molecule has 1 aromatic heterocycles. The summed E-state index contributed by atoms with van der Waals surface area (Å²) in [5, 5.41) is 2.97.